The first-order chi connectivity index (χ1) is 13.2. The summed E-state index contributed by atoms with van der Waals surface area (Å²) in [7, 11) is 0. The van der Waals surface area contributed by atoms with Crippen molar-refractivity contribution in [1.82, 2.24) is 15.1 Å². The second kappa shape index (κ2) is 9.88. The van der Waals surface area contributed by atoms with Gasteiger partial charge in [0.25, 0.3) is 5.91 Å². The molecule has 3 rings (SSSR count). The van der Waals surface area contributed by atoms with Gasteiger partial charge in [0, 0.05) is 51.3 Å². The Labute approximate surface area is 161 Å². The third-order valence-corrected chi connectivity index (χ3v) is 4.91. The van der Waals surface area contributed by atoms with Crippen molar-refractivity contribution >= 4 is 11.8 Å². The number of aryl methyl sites for hydroxylation is 1. The van der Waals surface area contributed by atoms with Crippen molar-refractivity contribution in [3.05, 3.63) is 71.8 Å². The van der Waals surface area contributed by atoms with Crippen molar-refractivity contribution in [3.8, 4) is 0 Å². The quantitative estimate of drug-likeness (QED) is 0.818. The molecule has 0 unspecified atom stereocenters. The first-order valence-corrected chi connectivity index (χ1v) is 9.60. The highest BCUT2D eigenvalue weighted by Crippen LogP contribution is 2.08. The molecule has 5 heteroatoms. The molecule has 0 radical (unpaired) electrons. The lowest BCUT2D eigenvalue weighted by Crippen LogP contribution is -2.50. The Morgan fingerprint density at radius 1 is 0.852 bits per heavy atom. The lowest BCUT2D eigenvalue weighted by Gasteiger charge is -2.34. The average molecular weight is 365 g/mol. The van der Waals surface area contributed by atoms with Crippen LogP contribution in [-0.4, -0.2) is 60.9 Å². The highest BCUT2D eigenvalue weighted by atomic mass is 16.2. The maximum atomic E-state index is 12.4. The van der Waals surface area contributed by atoms with Gasteiger partial charge in [-0.1, -0.05) is 48.5 Å². The maximum absolute atomic E-state index is 12.4. The highest BCUT2D eigenvalue weighted by molar-refractivity contribution is 5.94. The number of carbonyl (C=O) groups is 2. The molecule has 5 nitrogen and oxygen atoms in total. The molecular formula is C22H27N3O2. The Morgan fingerprint density at radius 2 is 1.48 bits per heavy atom. The van der Waals surface area contributed by atoms with Crippen molar-refractivity contribution in [1.29, 1.82) is 0 Å². The van der Waals surface area contributed by atoms with Gasteiger partial charge in [0.05, 0.1) is 0 Å². The van der Waals surface area contributed by atoms with Gasteiger partial charge in [-0.15, -0.1) is 0 Å². The number of hydrogen-bond donors (Lipinski definition) is 1. The second-order valence-corrected chi connectivity index (χ2v) is 6.84. The van der Waals surface area contributed by atoms with Crippen LogP contribution in [0.5, 0.6) is 0 Å². The third-order valence-electron chi connectivity index (χ3n) is 4.91. The van der Waals surface area contributed by atoms with E-state index in [1.165, 1.54) is 5.56 Å². The van der Waals surface area contributed by atoms with Gasteiger partial charge in [-0.25, -0.2) is 0 Å². The van der Waals surface area contributed by atoms with Crippen LogP contribution in [0, 0.1) is 0 Å². The van der Waals surface area contributed by atoms with Gasteiger partial charge < -0.3 is 10.2 Å². The van der Waals surface area contributed by atoms with E-state index in [1.807, 2.05) is 65.6 Å². The van der Waals surface area contributed by atoms with Gasteiger partial charge >= 0.3 is 0 Å². The number of benzene rings is 2. The predicted molar refractivity (Wildman–Crippen MR) is 107 cm³/mol. The van der Waals surface area contributed by atoms with Crippen LogP contribution >= 0.6 is 0 Å². The fourth-order valence-corrected chi connectivity index (χ4v) is 3.28. The van der Waals surface area contributed by atoms with E-state index in [0.29, 0.717) is 13.0 Å². The zero-order chi connectivity index (χ0) is 18.9. The van der Waals surface area contributed by atoms with Gasteiger partial charge in [0.1, 0.15) is 0 Å². The molecule has 142 valence electrons. The first-order valence-electron chi connectivity index (χ1n) is 9.60. The average Bonchev–Trinajstić information content (AvgIpc) is 2.74. The minimum Gasteiger partial charge on any atom is -0.355 e. The van der Waals surface area contributed by atoms with Gasteiger partial charge in [0.2, 0.25) is 5.91 Å². The molecule has 0 atom stereocenters. The van der Waals surface area contributed by atoms with E-state index in [9.17, 15) is 9.59 Å². The molecule has 2 aromatic carbocycles. The monoisotopic (exact) mass is 365 g/mol. The number of carbonyl (C=O) groups excluding carboxylic acids is 2. The van der Waals surface area contributed by atoms with Crippen LogP contribution in [0.15, 0.2) is 60.7 Å². The molecule has 0 bridgehead atoms. The van der Waals surface area contributed by atoms with Crippen LogP contribution in [-0.2, 0) is 11.2 Å². The number of amides is 2. The molecule has 2 aromatic rings. The topological polar surface area (TPSA) is 52.7 Å². The zero-order valence-electron chi connectivity index (χ0n) is 15.6. The maximum Gasteiger partial charge on any atom is 0.253 e. The molecular weight excluding hydrogens is 338 g/mol. The summed E-state index contributed by atoms with van der Waals surface area (Å²) >= 11 is 0. The summed E-state index contributed by atoms with van der Waals surface area (Å²) in [6, 6.07) is 19.5. The Morgan fingerprint density at radius 3 is 2.15 bits per heavy atom. The van der Waals surface area contributed by atoms with Crippen LogP contribution in [0.2, 0.25) is 0 Å². The van der Waals surface area contributed by atoms with Gasteiger partial charge in [-0.3, -0.25) is 14.5 Å². The summed E-state index contributed by atoms with van der Waals surface area (Å²) in [5.41, 5.74) is 1.93. The molecule has 0 spiro atoms. The summed E-state index contributed by atoms with van der Waals surface area (Å²) in [5, 5.41) is 3.00. The molecule has 0 aromatic heterocycles. The predicted octanol–water partition coefficient (Wildman–Crippen LogP) is 2.19. The number of nitrogens with zero attached hydrogens (tertiary/aromatic N) is 2. The van der Waals surface area contributed by atoms with Crippen molar-refractivity contribution in [3.63, 3.8) is 0 Å². The minimum absolute atomic E-state index is 0.0942. The van der Waals surface area contributed by atoms with E-state index in [4.69, 9.17) is 0 Å². The van der Waals surface area contributed by atoms with Crippen molar-refractivity contribution in [2.45, 2.75) is 12.8 Å². The fourth-order valence-electron chi connectivity index (χ4n) is 3.28. The number of hydrogen-bond acceptors (Lipinski definition) is 3. The van der Waals surface area contributed by atoms with Gasteiger partial charge in [-0.2, -0.15) is 0 Å². The molecule has 2 amide bonds. The van der Waals surface area contributed by atoms with E-state index in [-0.39, 0.29) is 11.8 Å². The molecule has 0 aliphatic carbocycles. The lowest BCUT2D eigenvalue weighted by atomic mass is 10.1. The smallest absolute Gasteiger partial charge is 0.253 e. The molecule has 1 fully saturated rings. The van der Waals surface area contributed by atoms with E-state index in [0.717, 1.165) is 44.7 Å². The van der Waals surface area contributed by atoms with E-state index in [2.05, 4.69) is 10.2 Å². The lowest BCUT2D eigenvalue weighted by molar-refractivity contribution is -0.121. The largest absolute Gasteiger partial charge is 0.355 e. The number of piperazine rings is 1. The number of nitrogens with one attached hydrogen (secondary N) is 1. The van der Waals surface area contributed by atoms with Crippen molar-refractivity contribution in [2.75, 3.05) is 39.3 Å². The third kappa shape index (κ3) is 5.93. The normalized spacial score (nSPS) is 14.7. The Balaban J connectivity index is 1.31. The Kier molecular flexibility index (Phi) is 6.99. The van der Waals surface area contributed by atoms with Crippen LogP contribution in [0.4, 0.5) is 0 Å². The van der Waals surface area contributed by atoms with Crippen LogP contribution in [0.1, 0.15) is 22.3 Å². The summed E-state index contributed by atoms with van der Waals surface area (Å²) in [4.78, 5) is 28.6. The van der Waals surface area contributed by atoms with E-state index < -0.39 is 0 Å². The van der Waals surface area contributed by atoms with Crippen LogP contribution < -0.4 is 5.32 Å². The van der Waals surface area contributed by atoms with Gasteiger partial charge in [0.15, 0.2) is 0 Å². The van der Waals surface area contributed by atoms with Crippen LogP contribution in [0.25, 0.3) is 0 Å². The molecule has 1 saturated heterocycles. The first kappa shape index (κ1) is 19.1. The molecule has 1 heterocycles. The zero-order valence-corrected chi connectivity index (χ0v) is 15.6. The molecule has 1 N–H and O–H groups in total. The highest BCUT2D eigenvalue weighted by Gasteiger charge is 2.21. The standard InChI is InChI=1S/C22H27N3O2/c26-21(12-11-19-7-3-1-4-8-19)23-13-14-24-15-17-25(18-16-24)22(27)20-9-5-2-6-10-20/h1-10H,11-18H2,(H,23,26). The second-order valence-electron chi connectivity index (χ2n) is 6.84. The summed E-state index contributed by atoms with van der Waals surface area (Å²) in [6.07, 6.45) is 1.29. The molecule has 1 aliphatic heterocycles. The Hall–Kier alpha value is -2.66. The van der Waals surface area contributed by atoms with E-state index in [1.54, 1.807) is 0 Å². The SMILES string of the molecule is O=C(CCc1ccccc1)NCCN1CCN(C(=O)c2ccccc2)CC1. The van der Waals surface area contributed by atoms with Crippen molar-refractivity contribution < 1.29 is 9.59 Å². The van der Waals surface area contributed by atoms with E-state index >= 15 is 0 Å². The fraction of sp³-hybridized carbons (Fsp3) is 0.364. The van der Waals surface area contributed by atoms with Gasteiger partial charge in [-0.05, 0) is 24.1 Å². The molecule has 1 aliphatic rings. The number of rotatable bonds is 7. The van der Waals surface area contributed by atoms with Crippen LogP contribution in [0.3, 0.4) is 0 Å². The molecule has 27 heavy (non-hydrogen) atoms. The van der Waals surface area contributed by atoms with Crippen molar-refractivity contribution in [2.24, 2.45) is 0 Å². The summed E-state index contributed by atoms with van der Waals surface area (Å²) in [5.74, 6) is 0.196. The summed E-state index contributed by atoms with van der Waals surface area (Å²) < 4.78 is 0. The molecule has 0 saturated carbocycles. The minimum atomic E-state index is 0.0942. The Bertz CT molecular complexity index is 726. The summed E-state index contributed by atoms with van der Waals surface area (Å²) in [6.45, 7) is 4.63.